The van der Waals surface area contributed by atoms with Crippen molar-refractivity contribution >= 4 is 40.8 Å². The summed E-state index contributed by atoms with van der Waals surface area (Å²) in [5.41, 5.74) is 3.81. The van der Waals surface area contributed by atoms with Crippen LogP contribution in [0.15, 0.2) is 29.4 Å². The summed E-state index contributed by atoms with van der Waals surface area (Å²) in [6.45, 7) is 8.68. The van der Waals surface area contributed by atoms with Gasteiger partial charge in [-0.25, -0.2) is 9.67 Å². The van der Waals surface area contributed by atoms with E-state index in [1.807, 2.05) is 11.6 Å². The topological polar surface area (TPSA) is 82.9 Å². The summed E-state index contributed by atoms with van der Waals surface area (Å²) in [5, 5.41) is 12.7. The van der Waals surface area contributed by atoms with Gasteiger partial charge in [-0.15, -0.1) is 24.0 Å². The highest BCUT2D eigenvalue weighted by atomic mass is 127. The van der Waals surface area contributed by atoms with Crippen LogP contribution in [0.1, 0.15) is 48.6 Å². The minimum atomic E-state index is 0. The van der Waals surface area contributed by atoms with Gasteiger partial charge in [0, 0.05) is 36.7 Å². The van der Waals surface area contributed by atoms with Gasteiger partial charge < -0.3 is 15.6 Å². The molecule has 1 aromatic carbocycles. The number of para-hydroxylation sites is 1. The third-order valence-electron chi connectivity index (χ3n) is 5.30. The summed E-state index contributed by atoms with van der Waals surface area (Å²) in [6, 6.07) is 6.59. The molecule has 0 bridgehead atoms. The van der Waals surface area contributed by atoms with E-state index in [2.05, 4.69) is 63.9 Å². The first-order valence-corrected chi connectivity index (χ1v) is 10.2. The lowest BCUT2D eigenvalue weighted by molar-refractivity contribution is 0.397. The highest BCUT2D eigenvalue weighted by Gasteiger charge is 2.24. The number of aromatic amines is 1. The van der Waals surface area contributed by atoms with E-state index in [4.69, 9.17) is 4.99 Å². The monoisotopic (exact) mass is 507 g/mol. The van der Waals surface area contributed by atoms with Crippen LogP contribution in [0.4, 0.5) is 0 Å². The molecule has 0 spiro atoms. The predicted octanol–water partition coefficient (Wildman–Crippen LogP) is 3.63. The number of benzene rings is 1. The SMILES string of the molecule is CCNC(=NCCc1c[nH]c2c(C)cccc12)NC1CCCn2nc(C)nc21.I. The van der Waals surface area contributed by atoms with Gasteiger partial charge in [0.2, 0.25) is 0 Å². The van der Waals surface area contributed by atoms with Gasteiger partial charge in [-0.3, -0.25) is 4.99 Å². The molecule has 7 nitrogen and oxygen atoms in total. The highest BCUT2D eigenvalue weighted by molar-refractivity contribution is 14.0. The summed E-state index contributed by atoms with van der Waals surface area (Å²) < 4.78 is 2.02. The number of aryl methyl sites for hydroxylation is 3. The molecule has 0 radical (unpaired) electrons. The number of H-pyrrole nitrogens is 1. The van der Waals surface area contributed by atoms with Crippen molar-refractivity contribution in [2.24, 2.45) is 4.99 Å². The lowest BCUT2D eigenvalue weighted by Crippen LogP contribution is -2.41. The Morgan fingerprint density at radius 2 is 2.21 bits per heavy atom. The lowest BCUT2D eigenvalue weighted by atomic mass is 10.1. The molecule has 0 amide bonds. The van der Waals surface area contributed by atoms with Gasteiger partial charge in [0.25, 0.3) is 0 Å². The number of nitrogens with zero attached hydrogens (tertiary/aromatic N) is 4. The van der Waals surface area contributed by atoms with Crippen LogP contribution in [-0.4, -0.2) is 38.8 Å². The molecule has 0 aliphatic carbocycles. The van der Waals surface area contributed by atoms with Crippen LogP contribution in [0.3, 0.4) is 0 Å². The number of halogens is 1. The lowest BCUT2D eigenvalue weighted by Gasteiger charge is -2.25. The number of aliphatic imine (C=N–C) groups is 1. The van der Waals surface area contributed by atoms with Crippen molar-refractivity contribution in [2.45, 2.75) is 52.6 Å². The average Bonchev–Trinajstić information content (AvgIpc) is 3.26. The number of hydrogen-bond acceptors (Lipinski definition) is 3. The van der Waals surface area contributed by atoms with Gasteiger partial charge in [0.15, 0.2) is 5.96 Å². The summed E-state index contributed by atoms with van der Waals surface area (Å²) >= 11 is 0. The third kappa shape index (κ3) is 4.73. The van der Waals surface area contributed by atoms with Crippen LogP contribution in [0.5, 0.6) is 0 Å². The fraction of sp³-hybridized carbons (Fsp3) is 0.476. The molecule has 1 aliphatic heterocycles. The van der Waals surface area contributed by atoms with E-state index in [1.54, 1.807) is 0 Å². The van der Waals surface area contributed by atoms with Crippen LogP contribution in [0.2, 0.25) is 0 Å². The number of nitrogens with one attached hydrogen (secondary N) is 3. The summed E-state index contributed by atoms with van der Waals surface area (Å²) in [6.07, 6.45) is 5.16. The van der Waals surface area contributed by atoms with Gasteiger partial charge in [0.05, 0.1) is 6.04 Å². The molecule has 4 rings (SSSR count). The number of hydrogen-bond donors (Lipinski definition) is 3. The summed E-state index contributed by atoms with van der Waals surface area (Å²) in [5.74, 6) is 2.69. The van der Waals surface area contributed by atoms with Crippen molar-refractivity contribution in [3.63, 3.8) is 0 Å². The fourth-order valence-electron chi connectivity index (χ4n) is 3.95. The van der Waals surface area contributed by atoms with Crippen molar-refractivity contribution in [3.05, 3.63) is 47.2 Å². The molecular formula is C21H30IN7. The van der Waals surface area contributed by atoms with Crippen LogP contribution < -0.4 is 10.6 Å². The average molecular weight is 507 g/mol. The maximum Gasteiger partial charge on any atom is 0.191 e. The second kappa shape index (κ2) is 9.60. The van der Waals surface area contributed by atoms with Crippen molar-refractivity contribution < 1.29 is 0 Å². The maximum atomic E-state index is 4.81. The molecular weight excluding hydrogens is 477 g/mol. The van der Waals surface area contributed by atoms with Crippen molar-refractivity contribution in [1.82, 2.24) is 30.4 Å². The Kier molecular flexibility index (Phi) is 7.15. The van der Waals surface area contributed by atoms with Gasteiger partial charge in [-0.05, 0) is 51.2 Å². The molecule has 1 atom stereocenters. The Morgan fingerprint density at radius 3 is 3.03 bits per heavy atom. The van der Waals surface area contributed by atoms with E-state index >= 15 is 0 Å². The van der Waals surface area contributed by atoms with Crippen LogP contribution in [-0.2, 0) is 13.0 Å². The molecule has 0 saturated carbocycles. The molecule has 8 heteroatoms. The van der Waals surface area contributed by atoms with E-state index in [0.717, 1.165) is 56.5 Å². The normalized spacial score (nSPS) is 16.4. The van der Waals surface area contributed by atoms with E-state index in [1.165, 1.54) is 22.0 Å². The Bertz CT molecular complexity index is 988. The van der Waals surface area contributed by atoms with Crippen molar-refractivity contribution in [1.29, 1.82) is 0 Å². The van der Waals surface area contributed by atoms with Crippen LogP contribution >= 0.6 is 24.0 Å². The number of fused-ring (bicyclic) bond motifs is 2. The summed E-state index contributed by atoms with van der Waals surface area (Å²) in [7, 11) is 0. The zero-order valence-corrected chi connectivity index (χ0v) is 19.7. The van der Waals surface area contributed by atoms with Crippen molar-refractivity contribution in [3.8, 4) is 0 Å². The fourth-order valence-corrected chi connectivity index (χ4v) is 3.95. The van der Waals surface area contributed by atoms with E-state index in [0.29, 0.717) is 0 Å². The minimum Gasteiger partial charge on any atom is -0.361 e. The van der Waals surface area contributed by atoms with E-state index in [9.17, 15) is 0 Å². The smallest absolute Gasteiger partial charge is 0.191 e. The zero-order chi connectivity index (χ0) is 19.5. The Morgan fingerprint density at radius 1 is 1.34 bits per heavy atom. The first-order chi connectivity index (χ1) is 13.7. The van der Waals surface area contributed by atoms with E-state index < -0.39 is 0 Å². The van der Waals surface area contributed by atoms with Gasteiger partial charge in [-0.1, -0.05) is 18.2 Å². The maximum absolute atomic E-state index is 4.81. The molecule has 3 N–H and O–H groups in total. The second-order valence-electron chi connectivity index (χ2n) is 7.40. The Balaban J connectivity index is 0.00000240. The molecule has 0 saturated heterocycles. The van der Waals surface area contributed by atoms with Gasteiger partial charge >= 0.3 is 0 Å². The number of aromatic nitrogens is 4. The van der Waals surface area contributed by atoms with Crippen molar-refractivity contribution in [2.75, 3.05) is 13.1 Å². The molecule has 0 fully saturated rings. The highest BCUT2D eigenvalue weighted by Crippen LogP contribution is 2.23. The molecule has 1 aliphatic rings. The van der Waals surface area contributed by atoms with Gasteiger partial charge in [0.1, 0.15) is 11.6 Å². The summed E-state index contributed by atoms with van der Waals surface area (Å²) in [4.78, 5) is 12.8. The molecule has 1 unspecified atom stereocenters. The predicted molar refractivity (Wildman–Crippen MR) is 128 cm³/mol. The standard InChI is InChI=1S/C21H29N7.HI/c1-4-22-21(26-18-9-6-12-28-20(18)25-15(3)27-28)23-11-10-16-13-24-19-14(2)7-5-8-17(16)19;/h5,7-8,13,18,24H,4,6,9-12H2,1-3H3,(H2,22,23,26);1H. The largest absolute Gasteiger partial charge is 0.361 e. The Hall–Kier alpha value is -2.10. The van der Waals surface area contributed by atoms with Gasteiger partial charge in [-0.2, -0.15) is 5.10 Å². The number of rotatable bonds is 5. The van der Waals surface area contributed by atoms with E-state index in [-0.39, 0.29) is 30.0 Å². The number of guanidine groups is 1. The molecule has 2 aromatic heterocycles. The molecule has 156 valence electrons. The first kappa shape index (κ1) is 21.6. The minimum absolute atomic E-state index is 0. The zero-order valence-electron chi connectivity index (χ0n) is 17.3. The Labute approximate surface area is 188 Å². The first-order valence-electron chi connectivity index (χ1n) is 10.2. The quantitative estimate of drug-likeness (QED) is 0.280. The molecule has 29 heavy (non-hydrogen) atoms. The van der Waals surface area contributed by atoms with Crippen LogP contribution in [0.25, 0.3) is 10.9 Å². The third-order valence-corrected chi connectivity index (χ3v) is 5.30. The molecule has 3 heterocycles. The second-order valence-corrected chi connectivity index (χ2v) is 7.40. The van der Waals surface area contributed by atoms with Crippen LogP contribution in [0, 0.1) is 13.8 Å². The molecule has 3 aromatic rings.